The molecule has 2 aliphatic heterocycles. The fourth-order valence-corrected chi connectivity index (χ4v) is 6.11. The number of aliphatic hydroxyl groups is 1. The molecule has 3 fully saturated rings. The first kappa shape index (κ1) is 24.2. The number of carbonyl (C=O) groups excluding carboxylic acids is 4. The van der Waals surface area contributed by atoms with Crippen LogP contribution in [0.25, 0.3) is 11.1 Å². The van der Waals surface area contributed by atoms with Crippen molar-refractivity contribution in [2.45, 2.75) is 44.2 Å². The maximum Gasteiger partial charge on any atom is 0.270 e. The Hall–Kier alpha value is -3.46. The molecule has 5 unspecified atom stereocenters. The Balaban J connectivity index is 1.35. The smallest absolute Gasteiger partial charge is 0.270 e. The molecule has 9 heteroatoms. The molecule has 3 amide bonds. The molecule has 0 spiro atoms. The van der Waals surface area contributed by atoms with Gasteiger partial charge in [0, 0.05) is 25.2 Å². The molecule has 3 aliphatic rings. The van der Waals surface area contributed by atoms with Crippen LogP contribution in [0.15, 0.2) is 42.6 Å². The molecule has 0 bridgehead atoms. The van der Waals surface area contributed by atoms with Crippen LogP contribution in [0.1, 0.15) is 42.6 Å². The number of benzene rings is 1. The van der Waals surface area contributed by atoms with Crippen LogP contribution in [0, 0.1) is 17.8 Å². The van der Waals surface area contributed by atoms with Gasteiger partial charge in [-0.25, -0.2) is 0 Å². The van der Waals surface area contributed by atoms with E-state index in [1.165, 1.54) is 0 Å². The van der Waals surface area contributed by atoms with Crippen molar-refractivity contribution in [2.75, 3.05) is 19.7 Å². The summed E-state index contributed by atoms with van der Waals surface area (Å²) in [7, 11) is 0. The predicted octanol–water partition coefficient (Wildman–Crippen LogP) is 1.49. The molecule has 9 nitrogen and oxygen atoms in total. The van der Waals surface area contributed by atoms with Crippen LogP contribution in [0.4, 0.5) is 0 Å². The number of aromatic amines is 1. The number of nitrogens with zero attached hydrogens (tertiary/aromatic N) is 1. The molecule has 3 heterocycles. The van der Waals surface area contributed by atoms with Gasteiger partial charge in [0.1, 0.15) is 18.3 Å². The molecule has 36 heavy (non-hydrogen) atoms. The minimum Gasteiger partial charge on any atom is -0.389 e. The average Bonchev–Trinajstić information content (AvgIpc) is 3.68. The number of rotatable bonds is 8. The van der Waals surface area contributed by atoms with Gasteiger partial charge in [0.15, 0.2) is 5.78 Å². The number of carbonyl (C=O) groups is 4. The number of aromatic nitrogens is 1. The summed E-state index contributed by atoms with van der Waals surface area (Å²) in [5.41, 5.74) is 2.29. The lowest BCUT2D eigenvalue weighted by molar-refractivity contribution is -0.133. The summed E-state index contributed by atoms with van der Waals surface area (Å²) in [6.07, 6.45) is 5.32. The fourth-order valence-electron chi connectivity index (χ4n) is 6.11. The van der Waals surface area contributed by atoms with Crippen molar-refractivity contribution < 1.29 is 24.3 Å². The van der Waals surface area contributed by atoms with Crippen LogP contribution in [0.5, 0.6) is 0 Å². The SMILES string of the molecule is O=C1NCCC1CC(NC(=O)C1C2CCCC2CN1C(=O)c1cc(-c2ccccc2)c[nH]1)C(=O)CO. The third kappa shape index (κ3) is 4.67. The number of Topliss-reactive ketones (excluding diaryl/α,β-unsaturated/α-hetero) is 1. The second-order valence-electron chi connectivity index (χ2n) is 10.1. The van der Waals surface area contributed by atoms with E-state index in [2.05, 4.69) is 15.6 Å². The molecular formula is C27H32N4O5. The maximum absolute atomic E-state index is 13.6. The summed E-state index contributed by atoms with van der Waals surface area (Å²) in [5.74, 6) is -1.43. The summed E-state index contributed by atoms with van der Waals surface area (Å²) in [5, 5.41) is 15.0. The van der Waals surface area contributed by atoms with Crippen LogP contribution in [-0.2, 0) is 14.4 Å². The maximum atomic E-state index is 13.6. The summed E-state index contributed by atoms with van der Waals surface area (Å²) in [4.78, 5) is 56.4. The zero-order valence-corrected chi connectivity index (χ0v) is 20.1. The summed E-state index contributed by atoms with van der Waals surface area (Å²) < 4.78 is 0. The highest BCUT2D eigenvalue weighted by atomic mass is 16.3. The monoisotopic (exact) mass is 492 g/mol. The fraction of sp³-hybridized carbons (Fsp3) is 0.481. The Morgan fingerprint density at radius 1 is 1.11 bits per heavy atom. The standard InChI is InChI=1S/C27H32N4O5/c32-15-23(33)21(11-17-9-10-28-25(17)34)30-26(35)24-20-8-4-7-18(20)14-31(24)27(36)22-12-19(13-29-22)16-5-2-1-3-6-16/h1-3,5-6,12-13,17-18,20-21,24,29,32H,4,7-11,14-15H2,(H,28,34)(H,30,35). The predicted molar refractivity (Wildman–Crippen MR) is 132 cm³/mol. The minimum atomic E-state index is -0.969. The van der Waals surface area contributed by atoms with E-state index in [1.807, 2.05) is 30.3 Å². The van der Waals surface area contributed by atoms with Crippen molar-refractivity contribution in [3.63, 3.8) is 0 Å². The molecule has 2 saturated heterocycles. The van der Waals surface area contributed by atoms with Crippen LogP contribution in [-0.4, -0.2) is 70.3 Å². The van der Waals surface area contributed by atoms with Crippen molar-refractivity contribution in [3.8, 4) is 11.1 Å². The first-order chi connectivity index (χ1) is 17.5. The first-order valence-corrected chi connectivity index (χ1v) is 12.7. The second-order valence-corrected chi connectivity index (χ2v) is 10.1. The highest BCUT2D eigenvalue weighted by molar-refractivity contribution is 5.99. The highest BCUT2D eigenvalue weighted by Gasteiger charge is 2.50. The van der Waals surface area contributed by atoms with Gasteiger partial charge in [-0.1, -0.05) is 36.8 Å². The van der Waals surface area contributed by atoms with Crippen LogP contribution in [0.3, 0.4) is 0 Å². The van der Waals surface area contributed by atoms with E-state index in [0.29, 0.717) is 25.2 Å². The van der Waals surface area contributed by atoms with Gasteiger partial charge in [0.25, 0.3) is 5.91 Å². The van der Waals surface area contributed by atoms with E-state index in [0.717, 1.165) is 30.4 Å². The third-order valence-electron chi connectivity index (χ3n) is 7.98. The highest BCUT2D eigenvalue weighted by Crippen LogP contribution is 2.43. The number of ketones is 1. The average molecular weight is 493 g/mol. The van der Waals surface area contributed by atoms with Gasteiger partial charge in [0.05, 0.1) is 6.04 Å². The Kier molecular flexibility index (Phi) is 6.91. The molecule has 5 rings (SSSR count). The Bertz CT molecular complexity index is 1150. The number of likely N-dealkylation sites (tertiary alicyclic amines) is 1. The van der Waals surface area contributed by atoms with Gasteiger partial charge in [-0.2, -0.15) is 0 Å². The van der Waals surface area contributed by atoms with Gasteiger partial charge in [-0.15, -0.1) is 0 Å². The molecule has 1 aliphatic carbocycles. The topological polar surface area (TPSA) is 132 Å². The first-order valence-electron chi connectivity index (χ1n) is 12.7. The van der Waals surface area contributed by atoms with E-state index < -0.39 is 30.4 Å². The Labute approximate surface area is 209 Å². The molecule has 1 saturated carbocycles. The number of H-pyrrole nitrogens is 1. The van der Waals surface area contributed by atoms with Crippen molar-refractivity contribution in [1.29, 1.82) is 0 Å². The zero-order valence-electron chi connectivity index (χ0n) is 20.1. The Morgan fingerprint density at radius 3 is 2.64 bits per heavy atom. The van der Waals surface area contributed by atoms with Crippen molar-refractivity contribution in [1.82, 2.24) is 20.5 Å². The summed E-state index contributed by atoms with van der Waals surface area (Å²) >= 11 is 0. The third-order valence-corrected chi connectivity index (χ3v) is 7.98. The van der Waals surface area contributed by atoms with Crippen molar-refractivity contribution in [3.05, 3.63) is 48.3 Å². The summed E-state index contributed by atoms with van der Waals surface area (Å²) in [6, 6.07) is 9.88. The second kappa shape index (κ2) is 10.3. The lowest BCUT2D eigenvalue weighted by atomic mass is 9.92. The van der Waals surface area contributed by atoms with E-state index in [-0.39, 0.29) is 36.0 Å². The quantitative estimate of drug-likeness (QED) is 0.443. The van der Waals surface area contributed by atoms with E-state index >= 15 is 0 Å². The number of fused-ring (bicyclic) bond motifs is 1. The van der Waals surface area contributed by atoms with Crippen LogP contribution in [0.2, 0.25) is 0 Å². The van der Waals surface area contributed by atoms with Gasteiger partial charge >= 0.3 is 0 Å². The van der Waals surface area contributed by atoms with Crippen molar-refractivity contribution in [2.24, 2.45) is 17.8 Å². The van der Waals surface area contributed by atoms with Gasteiger partial charge in [-0.3, -0.25) is 19.2 Å². The van der Waals surface area contributed by atoms with Crippen molar-refractivity contribution >= 4 is 23.5 Å². The van der Waals surface area contributed by atoms with E-state index in [1.54, 1.807) is 17.2 Å². The van der Waals surface area contributed by atoms with Gasteiger partial charge < -0.3 is 25.6 Å². The molecule has 5 atom stereocenters. The summed E-state index contributed by atoms with van der Waals surface area (Å²) in [6.45, 7) is 0.307. The normalized spacial score (nSPS) is 25.9. The molecule has 1 aromatic heterocycles. The van der Waals surface area contributed by atoms with Crippen LogP contribution >= 0.6 is 0 Å². The zero-order chi connectivity index (χ0) is 25.2. The number of aliphatic hydroxyl groups excluding tert-OH is 1. The lowest BCUT2D eigenvalue weighted by Crippen LogP contribution is -2.53. The number of hydrogen-bond acceptors (Lipinski definition) is 5. The minimum absolute atomic E-state index is 0.0252. The largest absolute Gasteiger partial charge is 0.389 e. The van der Waals surface area contributed by atoms with E-state index in [9.17, 15) is 24.3 Å². The molecule has 1 aromatic carbocycles. The number of amides is 3. The molecule has 2 aromatic rings. The van der Waals surface area contributed by atoms with E-state index in [4.69, 9.17) is 0 Å². The molecular weight excluding hydrogens is 460 g/mol. The number of nitrogens with one attached hydrogen (secondary N) is 3. The van der Waals surface area contributed by atoms with Gasteiger partial charge in [-0.05, 0) is 54.7 Å². The lowest BCUT2D eigenvalue weighted by Gasteiger charge is -2.29. The number of hydrogen-bond donors (Lipinski definition) is 4. The van der Waals surface area contributed by atoms with Crippen LogP contribution < -0.4 is 10.6 Å². The Morgan fingerprint density at radius 2 is 1.92 bits per heavy atom. The molecule has 190 valence electrons. The molecule has 0 radical (unpaired) electrons. The van der Waals surface area contributed by atoms with Gasteiger partial charge in [0.2, 0.25) is 11.8 Å². The molecule has 4 N–H and O–H groups in total.